The van der Waals surface area contributed by atoms with Gasteiger partial charge in [0.1, 0.15) is 10.1 Å². The normalized spacial score (nSPS) is 13.1. The number of aliphatic hydroxyl groups excluding tert-OH is 1. The average Bonchev–Trinajstić information content (AvgIpc) is 2.07. The van der Waals surface area contributed by atoms with Crippen molar-refractivity contribution >= 4 is 26.0 Å². The van der Waals surface area contributed by atoms with Crippen LogP contribution in [0.4, 0.5) is 0 Å². The molecule has 1 N–H and O–H groups in total. The molecule has 0 aromatic heterocycles. The molecule has 15 heavy (non-hydrogen) atoms. The standard InChI is InChI=1S/C8H9BrO4S.Na/c1-5-4-6(2-3-7(5)9)8(10)14(11,12)13;/h2-4,8,10H,1H3,(H,11,12,13);/q;+1/p-1. The van der Waals surface area contributed by atoms with Gasteiger partial charge >= 0.3 is 29.6 Å². The number of aryl methyl sites for hydroxylation is 1. The summed E-state index contributed by atoms with van der Waals surface area (Å²) in [4.78, 5) is 0. The third kappa shape index (κ3) is 4.14. The molecule has 1 rings (SSSR count). The van der Waals surface area contributed by atoms with E-state index in [9.17, 15) is 13.0 Å². The topological polar surface area (TPSA) is 77.4 Å². The largest absolute Gasteiger partial charge is 1.00 e. The van der Waals surface area contributed by atoms with Crippen LogP contribution >= 0.6 is 15.9 Å². The molecule has 4 nitrogen and oxygen atoms in total. The van der Waals surface area contributed by atoms with Gasteiger partial charge in [-0.05, 0) is 24.1 Å². The van der Waals surface area contributed by atoms with Gasteiger partial charge in [0.2, 0.25) is 0 Å². The van der Waals surface area contributed by atoms with Crippen molar-refractivity contribution < 1.29 is 47.6 Å². The van der Waals surface area contributed by atoms with Gasteiger partial charge in [0, 0.05) is 4.47 Å². The predicted octanol–water partition coefficient (Wildman–Crippen LogP) is -1.70. The Morgan fingerprint density at radius 1 is 1.47 bits per heavy atom. The molecule has 0 spiro atoms. The maximum atomic E-state index is 10.5. The van der Waals surface area contributed by atoms with Crippen LogP contribution < -0.4 is 29.6 Å². The van der Waals surface area contributed by atoms with Gasteiger partial charge in [-0.2, -0.15) is 0 Å². The number of benzene rings is 1. The SMILES string of the molecule is Cc1cc(C(O)S(=O)(=O)[O-])ccc1Br.[Na+]. The molecule has 1 aromatic carbocycles. The number of rotatable bonds is 2. The van der Waals surface area contributed by atoms with Crippen molar-refractivity contribution in [3.05, 3.63) is 33.8 Å². The first-order valence-corrected chi connectivity index (χ1v) is 5.97. The third-order valence-corrected chi connectivity index (χ3v) is 3.45. The molecular formula is C8H8BrNaO4S. The Balaban J connectivity index is 0.00000196. The maximum Gasteiger partial charge on any atom is 1.00 e. The molecule has 0 aliphatic rings. The molecule has 0 saturated carbocycles. The summed E-state index contributed by atoms with van der Waals surface area (Å²) in [6.07, 6.45) is 0. The zero-order valence-electron chi connectivity index (χ0n) is 8.27. The summed E-state index contributed by atoms with van der Waals surface area (Å²) in [6.45, 7) is 1.73. The van der Waals surface area contributed by atoms with Gasteiger partial charge in [0.25, 0.3) is 0 Å². The second-order valence-electron chi connectivity index (χ2n) is 2.85. The van der Waals surface area contributed by atoms with Crippen LogP contribution in [0.1, 0.15) is 16.6 Å². The number of halogens is 1. The first-order chi connectivity index (χ1) is 6.32. The Morgan fingerprint density at radius 3 is 2.40 bits per heavy atom. The van der Waals surface area contributed by atoms with Gasteiger partial charge < -0.3 is 9.66 Å². The van der Waals surface area contributed by atoms with Crippen LogP contribution in [0.25, 0.3) is 0 Å². The van der Waals surface area contributed by atoms with E-state index < -0.39 is 15.6 Å². The maximum absolute atomic E-state index is 10.5. The van der Waals surface area contributed by atoms with Crippen LogP contribution in [0.15, 0.2) is 22.7 Å². The molecule has 0 amide bonds. The number of hydrogen-bond donors (Lipinski definition) is 1. The van der Waals surface area contributed by atoms with E-state index in [1.807, 2.05) is 0 Å². The summed E-state index contributed by atoms with van der Waals surface area (Å²) in [7, 11) is -4.70. The van der Waals surface area contributed by atoms with Gasteiger partial charge in [0.05, 0.1) is 0 Å². The average molecular weight is 303 g/mol. The van der Waals surface area contributed by atoms with Crippen molar-refractivity contribution in [1.82, 2.24) is 0 Å². The summed E-state index contributed by atoms with van der Waals surface area (Å²) in [5.41, 5.74) is -1.15. The quantitative estimate of drug-likeness (QED) is 0.522. The van der Waals surface area contributed by atoms with Crippen molar-refractivity contribution in [1.29, 1.82) is 0 Å². The Morgan fingerprint density at radius 2 is 2.00 bits per heavy atom. The molecule has 1 aromatic rings. The molecule has 1 unspecified atom stereocenters. The summed E-state index contributed by atoms with van der Waals surface area (Å²) in [5, 5.41) is 9.16. The molecule has 1 atom stereocenters. The van der Waals surface area contributed by atoms with Crippen molar-refractivity contribution in [2.45, 2.75) is 12.4 Å². The minimum absolute atomic E-state index is 0. The monoisotopic (exact) mass is 302 g/mol. The fourth-order valence-electron chi connectivity index (χ4n) is 0.988. The smallest absolute Gasteiger partial charge is 0.746 e. The predicted molar refractivity (Wildman–Crippen MR) is 53.5 cm³/mol. The molecule has 0 fully saturated rings. The zero-order chi connectivity index (χ0) is 10.9. The number of aliphatic hydroxyl groups is 1. The van der Waals surface area contributed by atoms with E-state index in [1.54, 1.807) is 13.0 Å². The van der Waals surface area contributed by atoms with E-state index in [0.717, 1.165) is 10.0 Å². The van der Waals surface area contributed by atoms with Crippen LogP contribution in [0.3, 0.4) is 0 Å². The minimum atomic E-state index is -4.70. The van der Waals surface area contributed by atoms with Gasteiger partial charge in [-0.25, -0.2) is 8.42 Å². The minimum Gasteiger partial charge on any atom is -0.746 e. The van der Waals surface area contributed by atoms with Crippen LogP contribution in [0, 0.1) is 6.92 Å². The van der Waals surface area contributed by atoms with Gasteiger partial charge in [0.15, 0.2) is 5.44 Å². The van der Waals surface area contributed by atoms with Gasteiger partial charge in [-0.15, -0.1) is 0 Å². The molecule has 0 aliphatic carbocycles. The Hall–Kier alpha value is 0.570. The van der Waals surface area contributed by atoms with E-state index in [1.165, 1.54) is 12.1 Å². The molecule has 7 heteroatoms. The molecule has 78 valence electrons. The summed E-state index contributed by atoms with van der Waals surface area (Å²) < 4.78 is 32.3. The van der Waals surface area contributed by atoms with Gasteiger partial charge in [-0.3, -0.25) is 0 Å². The van der Waals surface area contributed by atoms with Crippen molar-refractivity contribution in [2.24, 2.45) is 0 Å². The van der Waals surface area contributed by atoms with Crippen molar-refractivity contribution in [2.75, 3.05) is 0 Å². The Labute approximate surface area is 119 Å². The van der Waals surface area contributed by atoms with E-state index in [2.05, 4.69) is 15.9 Å². The fourth-order valence-corrected chi connectivity index (χ4v) is 1.71. The van der Waals surface area contributed by atoms with E-state index in [0.29, 0.717) is 0 Å². The first-order valence-electron chi connectivity index (χ1n) is 3.71. The molecule has 0 radical (unpaired) electrons. The second-order valence-corrected chi connectivity index (χ2v) is 5.14. The second kappa shape index (κ2) is 5.77. The van der Waals surface area contributed by atoms with E-state index in [-0.39, 0.29) is 35.1 Å². The summed E-state index contributed by atoms with van der Waals surface area (Å²) in [6, 6.07) is 4.42. The van der Waals surface area contributed by atoms with Crippen LogP contribution in [-0.2, 0) is 10.1 Å². The molecule has 0 saturated heterocycles. The number of hydrogen-bond acceptors (Lipinski definition) is 4. The van der Waals surface area contributed by atoms with Crippen LogP contribution in [0.5, 0.6) is 0 Å². The van der Waals surface area contributed by atoms with Gasteiger partial charge in [-0.1, -0.05) is 28.1 Å². The van der Waals surface area contributed by atoms with Crippen LogP contribution in [0.2, 0.25) is 0 Å². The Bertz CT molecular complexity index is 446. The third-order valence-electron chi connectivity index (χ3n) is 1.74. The molecule has 0 aliphatic heterocycles. The van der Waals surface area contributed by atoms with Crippen molar-refractivity contribution in [3.8, 4) is 0 Å². The molecular weight excluding hydrogens is 295 g/mol. The molecule has 0 bridgehead atoms. The van der Waals surface area contributed by atoms with Crippen molar-refractivity contribution in [3.63, 3.8) is 0 Å². The van der Waals surface area contributed by atoms with Crippen LogP contribution in [-0.4, -0.2) is 18.1 Å². The van der Waals surface area contributed by atoms with E-state index in [4.69, 9.17) is 5.11 Å². The first kappa shape index (κ1) is 15.6. The fraction of sp³-hybridized carbons (Fsp3) is 0.250. The Kier molecular flexibility index (Phi) is 5.99. The zero-order valence-corrected chi connectivity index (χ0v) is 12.7. The summed E-state index contributed by atoms with van der Waals surface area (Å²) >= 11 is 3.22. The summed E-state index contributed by atoms with van der Waals surface area (Å²) in [5.74, 6) is 0. The van der Waals surface area contributed by atoms with E-state index >= 15 is 0 Å². The molecule has 0 heterocycles.